The highest BCUT2D eigenvalue weighted by Crippen LogP contribution is 2.17. The second kappa shape index (κ2) is 4.02. The van der Waals surface area contributed by atoms with E-state index in [-0.39, 0.29) is 11.9 Å². The molecule has 0 saturated carbocycles. The predicted molar refractivity (Wildman–Crippen MR) is 50.5 cm³/mol. The van der Waals surface area contributed by atoms with Gasteiger partial charge in [0.1, 0.15) is 11.9 Å². The number of ether oxygens (including phenoxy) is 1. The van der Waals surface area contributed by atoms with Gasteiger partial charge in [-0.3, -0.25) is 4.98 Å². The lowest BCUT2D eigenvalue weighted by atomic mass is 10.2. The van der Waals surface area contributed by atoms with Crippen LogP contribution in [0.2, 0.25) is 0 Å². The largest absolute Gasteiger partial charge is 0.369 e. The van der Waals surface area contributed by atoms with Crippen LogP contribution in [0.15, 0.2) is 12.1 Å². The van der Waals surface area contributed by atoms with Crippen LogP contribution in [-0.4, -0.2) is 24.7 Å². The van der Waals surface area contributed by atoms with Gasteiger partial charge in [-0.25, -0.2) is 4.39 Å². The summed E-state index contributed by atoms with van der Waals surface area (Å²) in [5.41, 5.74) is 1.23. The van der Waals surface area contributed by atoms with E-state index >= 15 is 0 Å². The number of aromatic nitrogens is 1. The monoisotopic (exact) mass is 196 g/mol. The molecule has 2 rings (SSSR count). The van der Waals surface area contributed by atoms with Crippen molar-refractivity contribution < 1.29 is 9.13 Å². The van der Waals surface area contributed by atoms with Gasteiger partial charge in [0.2, 0.25) is 0 Å². The van der Waals surface area contributed by atoms with Crippen molar-refractivity contribution in [1.29, 1.82) is 0 Å². The first kappa shape index (κ1) is 9.55. The summed E-state index contributed by atoms with van der Waals surface area (Å²) in [5, 5.41) is 3.21. The van der Waals surface area contributed by atoms with E-state index in [0.717, 1.165) is 18.8 Å². The molecule has 14 heavy (non-hydrogen) atoms. The normalized spacial score (nSPS) is 22.3. The first-order valence-electron chi connectivity index (χ1n) is 4.73. The molecule has 1 aromatic rings. The molecule has 1 aliphatic rings. The molecule has 2 heterocycles. The lowest BCUT2D eigenvalue weighted by molar-refractivity contribution is 0.0249. The number of halogens is 1. The van der Waals surface area contributed by atoms with Crippen LogP contribution < -0.4 is 5.32 Å². The van der Waals surface area contributed by atoms with Crippen molar-refractivity contribution >= 4 is 0 Å². The Morgan fingerprint density at radius 3 is 3.07 bits per heavy atom. The van der Waals surface area contributed by atoms with E-state index < -0.39 is 0 Å². The Morgan fingerprint density at radius 2 is 2.43 bits per heavy atom. The zero-order valence-corrected chi connectivity index (χ0v) is 8.09. The number of nitrogens with zero attached hydrogens (tertiary/aromatic N) is 1. The SMILES string of the molecule is Cc1nc([C@@H]2CNCCO2)ccc1F. The van der Waals surface area contributed by atoms with Gasteiger partial charge in [-0.2, -0.15) is 0 Å². The molecule has 0 radical (unpaired) electrons. The number of rotatable bonds is 1. The smallest absolute Gasteiger partial charge is 0.144 e. The summed E-state index contributed by atoms with van der Waals surface area (Å²) >= 11 is 0. The fourth-order valence-corrected chi connectivity index (χ4v) is 1.50. The van der Waals surface area contributed by atoms with Crippen molar-refractivity contribution in [1.82, 2.24) is 10.3 Å². The lowest BCUT2D eigenvalue weighted by Crippen LogP contribution is -2.33. The zero-order chi connectivity index (χ0) is 9.97. The summed E-state index contributed by atoms with van der Waals surface area (Å²) in [5.74, 6) is -0.266. The predicted octanol–water partition coefficient (Wildman–Crippen LogP) is 1.19. The molecular weight excluding hydrogens is 183 g/mol. The van der Waals surface area contributed by atoms with E-state index in [1.54, 1.807) is 13.0 Å². The molecule has 1 aromatic heterocycles. The minimum atomic E-state index is -0.266. The van der Waals surface area contributed by atoms with Crippen LogP contribution in [0.3, 0.4) is 0 Å². The highest BCUT2D eigenvalue weighted by molar-refractivity contribution is 5.14. The molecule has 76 valence electrons. The van der Waals surface area contributed by atoms with Crippen molar-refractivity contribution in [2.45, 2.75) is 13.0 Å². The van der Waals surface area contributed by atoms with Crippen LogP contribution in [0.1, 0.15) is 17.5 Å². The molecule has 0 amide bonds. The molecule has 0 aromatic carbocycles. The second-order valence-corrected chi connectivity index (χ2v) is 3.37. The molecule has 0 unspecified atom stereocenters. The zero-order valence-electron chi connectivity index (χ0n) is 8.09. The van der Waals surface area contributed by atoms with Gasteiger partial charge < -0.3 is 10.1 Å². The van der Waals surface area contributed by atoms with Gasteiger partial charge in [-0.05, 0) is 19.1 Å². The van der Waals surface area contributed by atoms with E-state index in [9.17, 15) is 4.39 Å². The molecule has 4 heteroatoms. The van der Waals surface area contributed by atoms with Crippen molar-refractivity contribution in [2.75, 3.05) is 19.7 Å². The molecule has 1 N–H and O–H groups in total. The minimum Gasteiger partial charge on any atom is -0.369 e. The quantitative estimate of drug-likeness (QED) is 0.732. The van der Waals surface area contributed by atoms with E-state index in [4.69, 9.17) is 4.74 Å². The van der Waals surface area contributed by atoms with Crippen LogP contribution in [0, 0.1) is 12.7 Å². The number of aryl methyl sites for hydroxylation is 1. The van der Waals surface area contributed by atoms with E-state index in [1.807, 2.05) is 0 Å². The Hall–Kier alpha value is -1.00. The highest BCUT2D eigenvalue weighted by Gasteiger charge is 2.17. The Labute approximate surface area is 82.3 Å². The summed E-state index contributed by atoms with van der Waals surface area (Å²) in [6, 6.07) is 3.12. The molecule has 1 atom stereocenters. The Balaban J connectivity index is 2.18. The van der Waals surface area contributed by atoms with Gasteiger partial charge in [-0.1, -0.05) is 0 Å². The Bertz CT molecular complexity index is 324. The van der Waals surface area contributed by atoms with E-state index in [2.05, 4.69) is 10.3 Å². The third kappa shape index (κ3) is 1.91. The van der Waals surface area contributed by atoms with Gasteiger partial charge in [0.05, 0.1) is 18.0 Å². The van der Waals surface area contributed by atoms with Gasteiger partial charge in [0.15, 0.2) is 0 Å². The minimum absolute atomic E-state index is 0.0388. The third-order valence-corrected chi connectivity index (χ3v) is 2.30. The van der Waals surface area contributed by atoms with E-state index in [0.29, 0.717) is 12.3 Å². The number of hydrogen-bond acceptors (Lipinski definition) is 3. The molecule has 0 aliphatic carbocycles. The standard InChI is InChI=1S/C10H13FN2O/c1-7-8(11)2-3-9(13-7)10-6-12-4-5-14-10/h2-3,10,12H,4-6H2,1H3/t10-/m0/s1. The third-order valence-electron chi connectivity index (χ3n) is 2.30. The lowest BCUT2D eigenvalue weighted by Gasteiger charge is -2.23. The van der Waals surface area contributed by atoms with Gasteiger partial charge >= 0.3 is 0 Å². The van der Waals surface area contributed by atoms with Crippen LogP contribution in [0.4, 0.5) is 4.39 Å². The topological polar surface area (TPSA) is 34.2 Å². The van der Waals surface area contributed by atoms with Crippen molar-refractivity contribution in [3.05, 3.63) is 29.3 Å². The van der Waals surface area contributed by atoms with Gasteiger partial charge in [-0.15, -0.1) is 0 Å². The molecule has 0 bridgehead atoms. The summed E-state index contributed by atoms with van der Waals surface area (Å²) in [6.07, 6.45) is -0.0388. The first-order chi connectivity index (χ1) is 6.77. The molecule has 1 saturated heterocycles. The average molecular weight is 196 g/mol. The second-order valence-electron chi connectivity index (χ2n) is 3.37. The van der Waals surface area contributed by atoms with Crippen LogP contribution in [-0.2, 0) is 4.74 Å². The van der Waals surface area contributed by atoms with Gasteiger partial charge in [0, 0.05) is 13.1 Å². The molecular formula is C10H13FN2O. The molecule has 3 nitrogen and oxygen atoms in total. The molecule has 1 aliphatic heterocycles. The maximum absolute atomic E-state index is 12.9. The molecule has 1 fully saturated rings. The summed E-state index contributed by atoms with van der Waals surface area (Å²) < 4.78 is 18.5. The van der Waals surface area contributed by atoms with E-state index in [1.165, 1.54) is 6.07 Å². The van der Waals surface area contributed by atoms with Crippen molar-refractivity contribution in [3.8, 4) is 0 Å². The maximum Gasteiger partial charge on any atom is 0.144 e. The average Bonchev–Trinajstić information content (AvgIpc) is 2.23. The van der Waals surface area contributed by atoms with Gasteiger partial charge in [0.25, 0.3) is 0 Å². The number of hydrogen-bond donors (Lipinski definition) is 1. The molecule has 0 spiro atoms. The number of morpholine rings is 1. The number of nitrogens with one attached hydrogen (secondary N) is 1. The first-order valence-corrected chi connectivity index (χ1v) is 4.73. The Kier molecular flexibility index (Phi) is 2.74. The number of pyridine rings is 1. The van der Waals surface area contributed by atoms with Crippen LogP contribution in [0.5, 0.6) is 0 Å². The highest BCUT2D eigenvalue weighted by atomic mass is 19.1. The van der Waals surface area contributed by atoms with Crippen molar-refractivity contribution in [3.63, 3.8) is 0 Å². The van der Waals surface area contributed by atoms with Crippen LogP contribution in [0.25, 0.3) is 0 Å². The Morgan fingerprint density at radius 1 is 1.57 bits per heavy atom. The van der Waals surface area contributed by atoms with Crippen molar-refractivity contribution in [2.24, 2.45) is 0 Å². The van der Waals surface area contributed by atoms with Crippen LogP contribution >= 0.6 is 0 Å². The fraction of sp³-hybridized carbons (Fsp3) is 0.500. The summed E-state index contributed by atoms with van der Waals surface area (Å²) in [7, 11) is 0. The maximum atomic E-state index is 12.9. The fourth-order valence-electron chi connectivity index (χ4n) is 1.50. The summed E-state index contributed by atoms with van der Waals surface area (Å²) in [6.45, 7) is 3.96. The summed E-state index contributed by atoms with van der Waals surface area (Å²) in [4.78, 5) is 4.16.